The van der Waals surface area contributed by atoms with Crippen molar-refractivity contribution in [1.82, 2.24) is 9.97 Å². The maximum atomic E-state index is 6.19. The molecule has 0 radical (unpaired) electrons. The number of thioether (sulfide) groups is 1. The topological polar surface area (TPSA) is 51.8 Å². The first-order chi connectivity index (χ1) is 12.1. The summed E-state index contributed by atoms with van der Waals surface area (Å²) in [7, 11) is 0. The number of benzene rings is 2. The Hall–Kier alpha value is -2.33. The number of nitrogen functional groups attached to an aromatic ring is 1. The van der Waals surface area contributed by atoms with E-state index in [2.05, 4.69) is 72.3 Å². The van der Waals surface area contributed by atoms with Crippen LogP contribution in [0.15, 0.2) is 59.8 Å². The second kappa shape index (κ2) is 6.19. The van der Waals surface area contributed by atoms with Crippen molar-refractivity contribution in [3.8, 4) is 11.3 Å². The number of aromatic nitrogens is 2. The molecule has 0 fully saturated rings. The molecule has 0 saturated carbocycles. The summed E-state index contributed by atoms with van der Waals surface area (Å²) in [6.07, 6.45) is 2.52. The first kappa shape index (κ1) is 16.2. The Kier molecular flexibility index (Phi) is 4.00. The zero-order chi connectivity index (χ0) is 17.4. The van der Waals surface area contributed by atoms with Crippen LogP contribution in [0.3, 0.4) is 0 Å². The zero-order valence-electron chi connectivity index (χ0n) is 14.5. The molecule has 0 saturated heterocycles. The Morgan fingerprint density at radius 3 is 2.64 bits per heavy atom. The maximum absolute atomic E-state index is 6.19. The fourth-order valence-electron chi connectivity index (χ4n) is 3.64. The summed E-state index contributed by atoms with van der Waals surface area (Å²) < 4.78 is 0. The summed E-state index contributed by atoms with van der Waals surface area (Å²) in [5, 5.41) is 0. The number of fused-ring (bicyclic) bond motifs is 3. The van der Waals surface area contributed by atoms with Crippen molar-refractivity contribution in [3.63, 3.8) is 0 Å². The fraction of sp³-hybridized carbons (Fsp3) is 0.238. The molecular formula is C21H21N3S. The highest BCUT2D eigenvalue weighted by molar-refractivity contribution is 7.98. The SMILES string of the molecule is CC1(C)Cc2c(SCc3ccccc3)cccc2-c2ncnc(N)c21. The third kappa shape index (κ3) is 2.91. The highest BCUT2D eigenvalue weighted by atomic mass is 32.2. The Bertz CT molecular complexity index is 920. The quantitative estimate of drug-likeness (QED) is 0.688. The number of hydrogen-bond donors (Lipinski definition) is 1. The summed E-state index contributed by atoms with van der Waals surface area (Å²) in [4.78, 5) is 10.1. The van der Waals surface area contributed by atoms with Crippen LogP contribution in [-0.2, 0) is 17.6 Å². The van der Waals surface area contributed by atoms with E-state index in [4.69, 9.17) is 5.73 Å². The normalized spacial score (nSPS) is 14.6. The van der Waals surface area contributed by atoms with Gasteiger partial charge in [-0.2, -0.15) is 0 Å². The van der Waals surface area contributed by atoms with Crippen LogP contribution < -0.4 is 5.73 Å². The first-order valence-electron chi connectivity index (χ1n) is 8.46. The average molecular weight is 347 g/mol. The summed E-state index contributed by atoms with van der Waals surface area (Å²) in [6.45, 7) is 4.46. The Morgan fingerprint density at radius 1 is 1.04 bits per heavy atom. The molecule has 0 aliphatic heterocycles. The van der Waals surface area contributed by atoms with E-state index in [-0.39, 0.29) is 5.41 Å². The molecule has 1 aliphatic carbocycles. The van der Waals surface area contributed by atoms with Gasteiger partial charge in [0.25, 0.3) is 0 Å². The van der Waals surface area contributed by atoms with Gasteiger partial charge in [0.1, 0.15) is 12.1 Å². The number of anilines is 1. The molecule has 25 heavy (non-hydrogen) atoms. The molecule has 0 spiro atoms. The molecule has 2 aromatic carbocycles. The van der Waals surface area contributed by atoms with Gasteiger partial charge in [-0.1, -0.05) is 56.3 Å². The highest BCUT2D eigenvalue weighted by Gasteiger charge is 2.35. The fourth-order valence-corrected chi connectivity index (χ4v) is 4.69. The van der Waals surface area contributed by atoms with Crippen molar-refractivity contribution in [2.24, 2.45) is 0 Å². The molecule has 0 atom stereocenters. The lowest BCUT2D eigenvalue weighted by Crippen LogP contribution is -2.28. The van der Waals surface area contributed by atoms with Crippen LogP contribution in [0, 0.1) is 0 Å². The number of nitrogens with two attached hydrogens (primary N) is 1. The Balaban J connectivity index is 1.76. The molecule has 4 heteroatoms. The third-order valence-corrected chi connectivity index (χ3v) is 5.97. The summed E-state index contributed by atoms with van der Waals surface area (Å²) in [6, 6.07) is 17.1. The molecule has 3 nitrogen and oxygen atoms in total. The number of nitrogens with zero attached hydrogens (tertiary/aromatic N) is 2. The Labute approximate surface area is 152 Å². The molecule has 4 rings (SSSR count). The minimum absolute atomic E-state index is 0.0723. The van der Waals surface area contributed by atoms with Gasteiger partial charge in [-0.05, 0) is 29.0 Å². The van der Waals surface area contributed by atoms with Gasteiger partial charge < -0.3 is 5.73 Å². The van der Waals surface area contributed by atoms with Crippen molar-refractivity contribution >= 4 is 17.6 Å². The molecule has 2 N–H and O–H groups in total. The van der Waals surface area contributed by atoms with Crippen molar-refractivity contribution in [2.45, 2.75) is 36.3 Å². The van der Waals surface area contributed by atoms with E-state index in [9.17, 15) is 0 Å². The van der Waals surface area contributed by atoms with Crippen molar-refractivity contribution in [1.29, 1.82) is 0 Å². The van der Waals surface area contributed by atoms with Crippen LogP contribution in [0.2, 0.25) is 0 Å². The van der Waals surface area contributed by atoms with E-state index >= 15 is 0 Å². The molecule has 0 amide bonds. The van der Waals surface area contributed by atoms with Crippen LogP contribution in [-0.4, -0.2) is 9.97 Å². The molecule has 0 unspecified atom stereocenters. The zero-order valence-corrected chi connectivity index (χ0v) is 15.3. The number of hydrogen-bond acceptors (Lipinski definition) is 4. The smallest absolute Gasteiger partial charge is 0.131 e. The molecule has 1 heterocycles. The lowest BCUT2D eigenvalue weighted by molar-refractivity contribution is 0.510. The maximum Gasteiger partial charge on any atom is 0.131 e. The van der Waals surface area contributed by atoms with Crippen LogP contribution in [0.4, 0.5) is 5.82 Å². The van der Waals surface area contributed by atoms with Crippen LogP contribution in [0.25, 0.3) is 11.3 Å². The third-order valence-electron chi connectivity index (χ3n) is 4.80. The monoisotopic (exact) mass is 347 g/mol. The van der Waals surface area contributed by atoms with Gasteiger partial charge in [0.15, 0.2) is 0 Å². The van der Waals surface area contributed by atoms with E-state index in [1.54, 1.807) is 6.33 Å². The molecule has 0 bridgehead atoms. The molecular weight excluding hydrogens is 326 g/mol. The second-order valence-electron chi connectivity index (χ2n) is 7.10. The summed E-state index contributed by atoms with van der Waals surface area (Å²) >= 11 is 1.89. The van der Waals surface area contributed by atoms with Crippen molar-refractivity contribution in [3.05, 3.63) is 71.5 Å². The van der Waals surface area contributed by atoms with Crippen LogP contribution >= 0.6 is 11.8 Å². The van der Waals surface area contributed by atoms with E-state index in [0.29, 0.717) is 5.82 Å². The Morgan fingerprint density at radius 2 is 1.84 bits per heavy atom. The van der Waals surface area contributed by atoms with Crippen molar-refractivity contribution < 1.29 is 0 Å². The molecule has 1 aromatic heterocycles. The summed E-state index contributed by atoms with van der Waals surface area (Å²) in [5.74, 6) is 1.57. The minimum atomic E-state index is -0.0723. The predicted octanol–water partition coefficient (Wildman–Crippen LogP) is 4.85. The lowest BCUT2D eigenvalue weighted by atomic mass is 9.72. The van der Waals surface area contributed by atoms with Crippen molar-refractivity contribution in [2.75, 3.05) is 5.73 Å². The second-order valence-corrected chi connectivity index (χ2v) is 8.12. The molecule has 126 valence electrons. The van der Waals surface area contributed by atoms with Gasteiger partial charge in [0.2, 0.25) is 0 Å². The summed E-state index contributed by atoms with van der Waals surface area (Å²) in [5.41, 5.74) is 12.1. The van der Waals surface area contributed by atoms with Gasteiger partial charge in [0.05, 0.1) is 5.69 Å². The van der Waals surface area contributed by atoms with Crippen LogP contribution in [0.1, 0.15) is 30.5 Å². The van der Waals surface area contributed by atoms with Gasteiger partial charge >= 0.3 is 0 Å². The van der Waals surface area contributed by atoms with Gasteiger partial charge in [-0.15, -0.1) is 11.8 Å². The van der Waals surface area contributed by atoms with E-state index < -0.39 is 0 Å². The molecule has 3 aromatic rings. The minimum Gasteiger partial charge on any atom is -0.383 e. The van der Waals surface area contributed by atoms with E-state index in [0.717, 1.165) is 23.4 Å². The van der Waals surface area contributed by atoms with Gasteiger partial charge in [-0.25, -0.2) is 9.97 Å². The predicted molar refractivity (Wildman–Crippen MR) is 105 cm³/mol. The molecule has 1 aliphatic rings. The number of rotatable bonds is 3. The van der Waals surface area contributed by atoms with E-state index in [1.165, 1.54) is 21.6 Å². The highest BCUT2D eigenvalue weighted by Crippen LogP contribution is 2.46. The first-order valence-corrected chi connectivity index (χ1v) is 9.45. The van der Waals surface area contributed by atoms with E-state index in [1.807, 2.05) is 11.8 Å². The van der Waals surface area contributed by atoms with Gasteiger partial charge in [0, 0.05) is 21.8 Å². The standard InChI is InChI=1S/C21H21N3S/c1-21(2)11-16-15(19-18(21)20(22)24-13-23-19)9-6-10-17(16)25-12-14-7-4-3-5-8-14/h3-10,13H,11-12H2,1-2H3,(H2,22,23,24). The largest absolute Gasteiger partial charge is 0.383 e. The van der Waals surface area contributed by atoms with Gasteiger partial charge in [-0.3, -0.25) is 0 Å². The lowest BCUT2D eigenvalue weighted by Gasteiger charge is -2.34. The van der Waals surface area contributed by atoms with Crippen LogP contribution in [0.5, 0.6) is 0 Å². The average Bonchev–Trinajstić information content (AvgIpc) is 2.60.